The number of rotatable bonds is 2. The Morgan fingerprint density at radius 3 is 2.94 bits per heavy atom. The van der Waals surface area contributed by atoms with Crippen molar-refractivity contribution in [3.63, 3.8) is 0 Å². The number of aryl methyl sites for hydroxylation is 1. The number of para-hydroxylation sites is 1. The Kier molecular flexibility index (Phi) is 1.89. The Hall–Kier alpha value is -1.35. The van der Waals surface area contributed by atoms with E-state index >= 15 is 0 Å². The van der Waals surface area contributed by atoms with E-state index in [-0.39, 0.29) is 0 Å². The van der Waals surface area contributed by atoms with Crippen molar-refractivity contribution < 1.29 is 5.11 Å². The quantitative estimate of drug-likeness (QED) is 0.835. The van der Waals surface area contributed by atoms with Gasteiger partial charge in [0.25, 0.3) is 0 Å². The molecule has 0 aliphatic heterocycles. The van der Waals surface area contributed by atoms with E-state index in [0.717, 1.165) is 29.4 Å². The zero-order chi connectivity index (χ0) is 11.3. The largest absolute Gasteiger partial charge is 0.383 e. The molecule has 3 nitrogen and oxygen atoms in total. The third-order valence-corrected chi connectivity index (χ3v) is 3.73. The molecular weight excluding hydrogens is 200 g/mol. The summed E-state index contributed by atoms with van der Waals surface area (Å²) in [5.41, 5.74) is 1.28. The Balaban J connectivity index is 2.19. The highest BCUT2D eigenvalue weighted by atomic mass is 16.3. The van der Waals surface area contributed by atoms with E-state index in [1.54, 1.807) is 0 Å². The van der Waals surface area contributed by atoms with Crippen molar-refractivity contribution in [1.29, 1.82) is 0 Å². The molecule has 2 unspecified atom stereocenters. The SMILES string of the molecule is CCC1CC1(O)c1nn(C)c2ccccc12. The minimum Gasteiger partial charge on any atom is -0.383 e. The first-order valence-electron chi connectivity index (χ1n) is 5.81. The first kappa shape index (κ1) is 9.85. The monoisotopic (exact) mass is 216 g/mol. The first-order valence-corrected chi connectivity index (χ1v) is 5.81. The molecule has 3 heteroatoms. The normalized spacial score (nSPS) is 28.6. The van der Waals surface area contributed by atoms with Crippen LogP contribution in [-0.2, 0) is 12.6 Å². The zero-order valence-corrected chi connectivity index (χ0v) is 9.64. The number of hydrogen-bond donors (Lipinski definition) is 1. The molecule has 1 aliphatic carbocycles. The van der Waals surface area contributed by atoms with Crippen molar-refractivity contribution in [2.24, 2.45) is 13.0 Å². The standard InChI is InChI=1S/C13H16N2O/c1-3-9-8-13(9,16)12-10-6-4-5-7-11(10)15(2)14-12/h4-7,9,16H,3,8H2,1-2H3. The molecule has 0 saturated heterocycles. The van der Waals surface area contributed by atoms with Crippen molar-refractivity contribution in [3.8, 4) is 0 Å². The van der Waals surface area contributed by atoms with Gasteiger partial charge in [-0.15, -0.1) is 0 Å². The molecule has 3 rings (SSSR count). The highest BCUT2D eigenvalue weighted by Crippen LogP contribution is 2.54. The van der Waals surface area contributed by atoms with Crippen LogP contribution in [0.15, 0.2) is 24.3 Å². The summed E-state index contributed by atoms with van der Waals surface area (Å²) in [5.74, 6) is 0.380. The second kappa shape index (κ2) is 3.08. The molecule has 2 atom stereocenters. The third kappa shape index (κ3) is 1.15. The Labute approximate surface area is 94.7 Å². The summed E-state index contributed by atoms with van der Waals surface area (Å²) < 4.78 is 1.85. The van der Waals surface area contributed by atoms with E-state index in [0.29, 0.717) is 5.92 Å². The Bertz CT molecular complexity index is 546. The first-order chi connectivity index (χ1) is 7.66. The number of benzene rings is 1. The second-order valence-electron chi connectivity index (χ2n) is 4.72. The van der Waals surface area contributed by atoms with Gasteiger partial charge in [0.15, 0.2) is 0 Å². The maximum atomic E-state index is 10.5. The van der Waals surface area contributed by atoms with Gasteiger partial charge in [-0.05, 0) is 18.4 Å². The van der Waals surface area contributed by atoms with Crippen LogP contribution in [0.5, 0.6) is 0 Å². The predicted molar refractivity (Wildman–Crippen MR) is 63.0 cm³/mol. The molecule has 0 radical (unpaired) electrons. The van der Waals surface area contributed by atoms with Crippen LogP contribution in [-0.4, -0.2) is 14.9 Å². The molecule has 2 aromatic rings. The van der Waals surface area contributed by atoms with Crippen molar-refractivity contribution in [2.75, 3.05) is 0 Å². The minimum atomic E-state index is -0.671. The highest BCUT2D eigenvalue weighted by molar-refractivity contribution is 5.83. The molecule has 1 aliphatic rings. The van der Waals surface area contributed by atoms with E-state index in [4.69, 9.17) is 0 Å². The van der Waals surface area contributed by atoms with Crippen LogP contribution in [0.2, 0.25) is 0 Å². The fourth-order valence-electron chi connectivity index (χ4n) is 2.62. The van der Waals surface area contributed by atoms with Crippen LogP contribution in [0.3, 0.4) is 0 Å². The minimum absolute atomic E-state index is 0.380. The number of nitrogens with zero attached hydrogens (tertiary/aromatic N) is 2. The van der Waals surface area contributed by atoms with Crippen molar-refractivity contribution in [3.05, 3.63) is 30.0 Å². The lowest BCUT2D eigenvalue weighted by atomic mass is 10.1. The number of fused-ring (bicyclic) bond motifs is 1. The van der Waals surface area contributed by atoms with E-state index in [9.17, 15) is 5.11 Å². The van der Waals surface area contributed by atoms with Gasteiger partial charge in [-0.25, -0.2) is 0 Å². The zero-order valence-electron chi connectivity index (χ0n) is 9.64. The fourth-order valence-corrected chi connectivity index (χ4v) is 2.62. The van der Waals surface area contributed by atoms with Crippen molar-refractivity contribution in [1.82, 2.24) is 9.78 Å². The summed E-state index contributed by atoms with van der Waals surface area (Å²) in [5, 5.41) is 16.1. The van der Waals surface area contributed by atoms with Gasteiger partial charge in [0.05, 0.1) is 5.52 Å². The molecule has 0 amide bonds. The molecule has 0 spiro atoms. The second-order valence-corrected chi connectivity index (χ2v) is 4.72. The van der Waals surface area contributed by atoms with Crippen LogP contribution in [0.4, 0.5) is 0 Å². The summed E-state index contributed by atoms with van der Waals surface area (Å²) >= 11 is 0. The van der Waals surface area contributed by atoms with Gasteiger partial charge in [0.2, 0.25) is 0 Å². The smallest absolute Gasteiger partial charge is 0.112 e. The molecule has 84 valence electrons. The predicted octanol–water partition coefficient (Wildman–Crippen LogP) is 2.19. The van der Waals surface area contributed by atoms with Gasteiger partial charge < -0.3 is 5.11 Å². The molecule has 1 fully saturated rings. The number of aliphatic hydroxyl groups is 1. The lowest BCUT2D eigenvalue weighted by molar-refractivity contribution is 0.126. The van der Waals surface area contributed by atoms with Gasteiger partial charge in [-0.3, -0.25) is 4.68 Å². The van der Waals surface area contributed by atoms with Crippen LogP contribution in [0.25, 0.3) is 10.9 Å². The van der Waals surface area contributed by atoms with Crippen LogP contribution < -0.4 is 0 Å². The molecule has 1 aromatic carbocycles. The summed E-state index contributed by atoms with van der Waals surface area (Å²) in [6.45, 7) is 2.12. The lowest BCUT2D eigenvalue weighted by Gasteiger charge is -2.06. The third-order valence-electron chi connectivity index (χ3n) is 3.73. The van der Waals surface area contributed by atoms with E-state index < -0.39 is 5.60 Å². The highest BCUT2D eigenvalue weighted by Gasteiger charge is 2.55. The topological polar surface area (TPSA) is 38.1 Å². The van der Waals surface area contributed by atoms with Crippen LogP contribution in [0.1, 0.15) is 25.5 Å². The van der Waals surface area contributed by atoms with Crippen LogP contribution in [0, 0.1) is 5.92 Å². The molecule has 1 N–H and O–H groups in total. The van der Waals surface area contributed by atoms with E-state index in [1.807, 2.05) is 36.0 Å². The maximum Gasteiger partial charge on any atom is 0.112 e. The molecule has 16 heavy (non-hydrogen) atoms. The molecule has 1 heterocycles. The summed E-state index contributed by atoms with van der Waals surface area (Å²) in [7, 11) is 1.93. The Morgan fingerprint density at radius 2 is 2.25 bits per heavy atom. The van der Waals surface area contributed by atoms with Crippen LogP contribution >= 0.6 is 0 Å². The van der Waals surface area contributed by atoms with Gasteiger partial charge >= 0.3 is 0 Å². The Morgan fingerprint density at radius 1 is 1.50 bits per heavy atom. The summed E-state index contributed by atoms with van der Waals surface area (Å²) in [6.07, 6.45) is 1.87. The average molecular weight is 216 g/mol. The van der Waals surface area contributed by atoms with Gasteiger partial charge in [0.1, 0.15) is 11.3 Å². The maximum absolute atomic E-state index is 10.5. The van der Waals surface area contributed by atoms with Crippen molar-refractivity contribution in [2.45, 2.75) is 25.4 Å². The average Bonchev–Trinajstić information content (AvgIpc) is 2.86. The lowest BCUT2D eigenvalue weighted by Crippen LogP contribution is -2.10. The van der Waals surface area contributed by atoms with Gasteiger partial charge in [-0.2, -0.15) is 5.10 Å². The molecule has 1 aromatic heterocycles. The molecule has 0 bridgehead atoms. The van der Waals surface area contributed by atoms with Gasteiger partial charge in [-0.1, -0.05) is 31.5 Å². The van der Waals surface area contributed by atoms with Gasteiger partial charge in [0, 0.05) is 12.4 Å². The fraction of sp³-hybridized carbons (Fsp3) is 0.462. The van der Waals surface area contributed by atoms with E-state index in [2.05, 4.69) is 12.0 Å². The number of hydrogen-bond acceptors (Lipinski definition) is 2. The molecule has 1 saturated carbocycles. The van der Waals surface area contributed by atoms with E-state index in [1.165, 1.54) is 0 Å². The molecular formula is C13H16N2O. The summed E-state index contributed by atoms with van der Waals surface area (Å²) in [6, 6.07) is 8.08. The van der Waals surface area contributed by atoms with Crippen molar-refractivity contribution >= 4 is 10.9 Å². The summed E-state index contributed by atoms with van der Waals surface area (Å²) in [4.78, 5) is 0. The number of aromatic nitrogens is 2.